The van der Waals surface area contributed by atoms with Gasteiger partial charge in [0.15, 0.2) is 11.5 Å². The Kier molecular flexibility index (Phi) is 8.13. The molecule has 2 aromatic carbocycles. The van der Waals surface area contributed by atoms with Gasteiger partial charge in [-0.3, -0.25) is 9.59 Å². The van der Waals surface area contributed by atoms with Crippen LogP contribution >= 0.6 is 15.9 Å². The van der Waals surface area contributed by atoms with Crippen molar-refractivity contribution in [2.75, 3.05) is 47.6 Å². The minimum absolute atomic E-state index is 0.116. The molecule has 1 saturated heterocycles. The lowest BCUT2D eigenvalue weighted by Gasteiger charge is -2.28. The first kappa shape index (κ1) is 23.6. The highest BCUT2D eigenvalue weighted by Crippen LogP contribution is 2.40. The van der Waals surface area contributed by atoms with Gasteiger partial charge >= 0.3 is 0 Å². The van der Waals surface area contributed by atoms with E-state index >= 15 is 0 Å². The molecule has 3 rings (SSSR count). The average Bonchev–Trinajstić information content (AvgIpc) is 2.83. The number of rotatable bonds is 7. The molecule has 2 amide bonds. The monoisotopic (exact) mass is 504 g/mol. The minimum Gasteiger partial charge on any atom is -0.493 e. The molecule has 1 aliphatic rings. The summed E-state index contributed by atoms with van der Waals surface area (Å²) in [6.45, 7) is 1.76. The number of amides is 2. The van der Waals surface area contributed by atoms with Crippen LogP contribution < -0.4 is 19.5 Å². The number of nitrogens with zero attached hydrogens (tertiary/aromatic N) is 1. The highest BCUT2D eigenvalue weighted by Gasteiger charge is 2.24. The van der Waals surface area contributed by atoms with E-state index in [2.05, 4.69) is 21.2 Å². The van der Waals surface area contributed by atoms with Crippen LogP contribution in [0.4, 0.5) is 0 Å². The molecule has 2 aromatic rings. The van der Waals surface area contributed by atoms with E-state index < -0.39 is 5.91 Å². The van der Waals surface area contributed by atoms with E-state index in [1.165, 1.54) is 21.3 Å². The molecule has 0 aromatic heterocycles. The molecule has 1 aliphatic heterocycles. The van der Waals surface area contributed by atoms with Gasteiger partial charge < -0.3 is 29.2 Å². The second kappa shape index (κ2) is 11.0. The summed E-state index contributed by atoms with van der Waals surface area (Å²) < 4.78 is 22.5. The lowest BCUT2D eigenvalue weighted by atomic mass is 10.1. The number of hydrogen-bond donors (Lipinski definition) is 1. The molecule has 32 heavy (non-hydrogen) atoms. The van der Waals surface area contributed by atoms with Crippen LogP contribution in [0.2, 0.25) is 0 Å². The molecule has 9 heteroatoms. The van der Waals surface area contributed by atoms with Crippen molar-refractivity contribution >= 4 is 33.8 Å². The molecule has 1 fully saturated rings. The Morgan fingerprint density at radius 2 is 1.62 bits per heavy atom. The molecule has 0 spiro atoms. The van der Waals surface area contributed by atoms with E-state index in [1.54, 1.807) is 47.4 Å². The van der Waals surface area contributed by atoms with E-state index in [-0.39, 0.29) is 11.6 Å². The zero-order chi connectivity index (χ0) is 23.1. The van der Waals surface area contributed by atoms with E-state index in [0.29, 0.717) is 54.7 Å². The second-order valence-corrected chi connectivity index (χ2v) is 7.76. The Morgan fingerprint density at radius 1 is 0.969 bits per heavy atom. The minimum atomic E-state index is -0.398. The summed E-state index contributed by atoms with van der Waals surface area (Å²) >= 11 is 3.35. The summed E-state index contributed by atoms with van der Waals surface area (Å²) in [6, 6.07) is 10.3. The van der Waals surface area contributed by atoms with E-state index in [4.69, 9.17) is 18.9 Å². The summed E-state index contributed by atoms with van der Waals surface area (Å²) in [5.41, 5.74) is 1.09. The van der Waals surface area contributed by atoms with Crippen molar-refractivity contribution in [3.8, 4) is 17.2 Å². The molecule has 1 N–H and O–H groups in total. The maximum atomic E-state index is 13.3. The van der Waals surface area contributed by atoms with Crippen LogP contribution in [-0.2, 0) is 9.53 Å². The highest BCUT2D eigenvalue weighted by atomic mass is 79.9. The van der Waals surface area contributed by atoms with Crippen molar-refractivity contribution in [2.24, 2.45) is 0 Å². The van der Waals surface area contributed by atoms with Crippen molar-refractivity contribution in [2.45, 2.75) is 0 Å². The van der Waals surface area contributed by atoms with Crippen molar-refractivity contribution in [3.05, 3.63) is 57.7 Å². The van der Waals surface area contributed by atoms with E-state index in [0.717, 1.165) is 4.47 Å². The molecule has 0 radical (unpaired) electrons. The normalized spacial score (nSPS) is 14.0. The van der Waals surface area contributed by atoms with Gasteiger partial charge in [-0.2, -0.15) is 0 Å². The number of morpholine rings is 1. The maximum absolute atomic E-state index is 13.3. The Bertz CT molecular complexity index is 1000. The van der Waals surface area contributed by atoms with Crippen LogP contribution in [0.15, 0.2) is 46.6 Å². The number of benzene rings is 2. The molecule has 0 atom stereocenters. The van der Waals surface area contributed by atoms with Gasteiger partial charge in [-0.05, 0) is 42.5 Å². The van der Waals surface area contributed by atoms with Gasteiger partial charge in [0, 0.05) is 28.7 Å². The van der Waals surface area contributed by atoms with Crippen molar-refractivity contribution < 1.29 is 28.5 Å². The fourth-order valence-electron chi connectivity index (χ4n) is 3.28. The molecule has 0 bridgehead atoms. The Balaban J connectivity index is 2.01. The molecule has 8 nitrogen and oxygen atoms in total. The number of nitrogens with one attached hydrogen (secondary N) is 1. The predicted octanol–water partition coefficient (Wildman–Crippen LogP) is 3.10. The van der Waals surface area contributed by atoms with E-state index in [1.807, 2.05) is 0 Å². The lowest BCUT2D eigenvalue weighted by molar-refractivity contribution is -0.131. The summed E-state index contributed by atoms with van der Waals surface area (Å²) in [6.07, 6.45) is 1.58. The summed E-state index contributed by atoms with van der Waals surface area (Å²) in [4.78, 5) is 27.8. The highest BCUT2D eigenvalue weighted by molar-refractivity contribution is 9.10. The summed E-state index contributed by atoms with van der Waals surface area (Å²) in [5.74, 6) is 0.556. The maximum Gasteiger partial charge on any atom is 0.270 e. The average molecular weight is 505 g/mol. The number of carbonyl (C=O) groups is 2. The van der Waals surface area contributed by atoms with Gasteiger partial charge in [-0.15, -0.1) is 0 Å². The van der Waals surface area contributed by atoms with Crippen LogP contribution in [0.3, 0.4) is 0 Å². The zero-order valence-electron chi connectivity index (χ0n) is 18.1. The quantitative estimate of drug-likeness (QED) is 0.583. The number of carbonyl (C=O) groups excluding carboxylic acids is 2. The Labute approximate surface area is 195 Å². The second-order valence-electron chi connectivity index (χ2n) is 6.85. The third-order valence-corrected chi connectivity index (χ3v) is 5.45. The molecule has 0 unspecified atom stereocenters. The van der Waals surface area contributed by atoms with Crippen LogP contribution in [0, 0.1) is 0 Å². The summed E-state index contributed by atoms with van der Waals surface area (Å²) in [7, 11) is 4.53. The first-order chi connectivity index (χ1) is 15.5. The number of hydrogen-bond acceptors (Lipinski definition) is 6. The zero-order valence-corrected chi connectivity index (χ0v) is 19.7. The van der Waals surface area contributed by atoms with Crippen LogP contribution in [0.1, 0.15) is 15.9 Å². The molecule has 170 valence electrons. The van der Waals surface area contributed by atoms with Gasteiger partial charge in [0.2, 0.25) is 5.75 Å². The number of ether oxygens (including phenoxy) is 4. The lowest BCUT2D eigenvalue weighted by Crippen LogP contribution is -2.44. The molecular formula is C23H25BrN2O6. The van der Waals surface area contributed by atoms with Crippen molar-refractivity contribution in [3.63, 3.8) is 0 Å². The Morgan fingerprint density at radius 3 is 2.22 bits per heavy atom. The third-order valence-electron chi connectivity index (χ3n) is 4.92. The first-order valence-electron chi connectivity index (χ1n) is 9.93. The SMILES string of the molecule is COc1ccc(/C=C(/NC(=O)c2ccc(Br)cc2)C(=O)N2CCOCC2)c(OC)c1OC. The fraction of sp³-hybridized carbons (Fsp3) is 0.304. The standard InChI is InChI=1S/C23H25BrN2O6/c1-29-19-9-6-16(20(30-2)21(19)31-3)14-18(23(28)26-10-12-32-13-11-26)25-22(27)15-4-7-17(24)8-5-15/h4-9,14H,10-13H2,1-3H3,(H,25,27)/b18-14+. The number of halogens is 1. The fourth-order valence-corrected chi connectivity index (χ4v) is 3.54. The van der Waals surface area contributed by atoms with Gasteiger partial charge in [0.1, 0.15) is 5.70 Å². The van der Waals surface area contributed by atoms with Gasteiger partial charge in [-0.25, -0.2) is 0 Å². The molecular weight excluding hydrogens is 480 g/mol. The largest absolute Gasteiger partial charge is 0.493 e. The summed E-state index contributed by atoms with van der Waals surface area (Å²) in [5, 5.41) is 2.76. The van der Waals surface area contributed by atoms with Crippen LogP contribution in [0.5, 0.6) is 17.2 Å². The third kappa shape index (κ3) is 5.41. The molecule has 0 saturated carbocycles. The van der Waals surface area contributed by atoms with Crippen molar-refractivity contribution in [1.82, 2.24) is 10.2 Å². The van der Waals surface area contributed by atoms with Gasteiger partial charge in [0.25, 0.3) is 11.8 Å². The van der Waals surface area contributed by atoms with Crippen LogP contribution in [0.25, 0.3) is 6.08 Å². The Hall–Kier alpha value is -3.04. The predicted molar refractivity (Wildman–Crippen MR) is 123 cm³/mol. The smallest absolute Gasteiger partial charge is 0.270 e. The number of methoxy groups -OCH3 is 3. The van der Waals surface area contributed by atoms with Crippen molar-refractivity contribution in [1.29, 1.82) is 0 Å². The molecule has 1 heterocycles. The van der Waals surface area contributed by atoms with Gasteiger partial charge in [0.05, 0.1) is 34.5 Å². The van der Waals surface area contributed by atoms with E-state index in [9.17, 15) is 9.59 Å². The van der Waals surface area contributed by atoms with Crippen LogP contribution in [-0.4, -0.2) is 64.3 Å². The topological polar surface area (TPSA) is 86.3 Å². The molecule has 0 aliphatic carbocycles. The van der Waals surface area contributed by atoms with Gasteiger partial charge in [-0.1, -0.05) is 15.9 Å². The first-order valence-corrected chi connectivity index (χ1v) is 10.7.